The number of hydrogen-bond donors (Lipinski definition) is 2. The van der Waals surface area contributed by atoms with Crippen LogP contribution in [-0.2, 0) is 4.79 Å². The smallest absolute Gasteiger partial charge is 0.259 e. The largest absolute Gasteiger partial charge is 0.494 e. The number of benzene rings is 2. The lowest BCUT2D eigenvalue weighted by Crippen LogP contribution is -2.14. The molecule has 6 heteroatoms. The van der Waals surface area contributed by atoms with Gasteiger partial charge in [-0.15, -0.1) is 0 Å². The summed E-state index contributed by atoms with van der Waals surface area (Å²) >= 11 is 0. The fraction of sp³-hybridized carbons (Fsp3) is 0.300. The number of nitrogens with one attached hydrogen (secondary N) is 2. The predicted octanol–water partition coefficient (Wildman–Crippen LogP) is 4.08. The molecule has 2 aromatic carbocycles. The van der Waals surface area contributed by atoms with E-state index >= 15 is 0 Å². The van der Waals surface area contributed by atoms with Crippen molar-refractivity contribution in [3.8, 4) is 11.5 Å². The highest BCUT2D eigenvalue weighted by molar-refractivity contribution is 6.06. The Morgan fingerprint density at radius 2 is 1.58 bits per heavy atom. The molecule has 0 aromatic heterocycles. The van der Waals surface area contributed by atoms with Gasteiger partial charge in [0.15, 0.2) is 0 Å². The zero-order chi connectivity index (χ0) is 18.9. The summed E-state index contributed by atoms with van der Waals surface area (Å²) in [5.41, 5.74) is 1.63. The Labute approximate surface area is 153 Å². The van der Waals surface area contributed by atoms with Crippen molar-refractivity contribution < 1.29 is 19.1 Å². The second-order valence-electron chi connectivity index (χ2n) is 5.46. The Bertz CT molecular complexity index is 774. The standard InChI is InChI=1S/C20H24N2O4/c1-4-19(23)21-14-8-7-9-15(12-14)22-20(24)17-11-10-16(25-5-2)13-18(17)26-6-3/h7-13H,4-6H2,1-3H3,(H,21,23)(H,22,24). The van der Waals surface area contributed by atoms with Crippen molar-refractivity contribution in [3.05, 3.63) is 48.0 Å². The molecule has 2 amide bonds. The van der Waals surface area contributed by atoms with Crippen molar-refractivity contribution >= 4 is 23.2 Å². The quantitative estimate of drug-likeness (QED) is 0.747. The molecular weight excluding hydrogens is 332 g/mol. The average molecular weight is 356 g/mol. The van der Waals surface area contributed by atoms with Crippen LogP contribution in [0.4, 0.5) is 11.4 Å². The molecule has 0 radical (unpaired) electrons. The second kappa shape index (κ2) is 9.46. The summed E-state index contributed by atoms with van der Waals surface area (Å²) in [6.45, 7) is 6.50. The van der Waals surface area contributed by atoms with Crippen molar-refractivity contribution in [3.63, 3.8) is 0 Å². The highest BCUT2D eigenvalue weighted by Crippen LogP contribution is 2.26. The van der Waals surface area contributed by atoms with E-state index in [-0.39, 0.29) is 11.8 Å². The topological polar surface area (TPSA) is 76.7 Å². The molecule has 0 fully saturated rings. The summed E-state index contributed by atoms with van der Waals surface area (Å²) in [6.07, 6.45) is 0.389. The Balaban J connectivity index is 2.19. The maximum atomic E-state index is 12.6. The summed E-state index contributed by atoms with van der Waals surface area (Å²) < 4.78 is 11.0. The first-order valence-corrected chi connectivity index (χ1v) is 8.68. The zero-order valence-electron chi connectivity index (χ0n) is 15.3. The molecule has 0 aliphatic rings. The first kappa shape index (κ1) is 19.3. The van der Waals surface area contributed by atoms with Crippen LogP contribution in [0.15, 0.2) is 42.5 Å². The van der Waals surface area contributed by atoms with Gasteiger partial charge in [0.25, 0.3) is 5.91 Å². The van der Waals surface area contributed by atoms with E-state index in [0.717, 1.165) is 0 Å². The fourth-order valence-corrected chi connectivity index (χ4v) is 2.34. The molecule has 0 aliphatic carbocycles. The van der Waals surface area contributed by atoms with Gasteiger partial charge >= 0.3 is 0 Å². The molecule has 0 atom stereocenters. The van der Waals surface area contributed by atoms with E-state index in [9.17, 15) is 9.59 Å². The van der Waals surface area contributed by atoms with Crippen LogP contribution in [0.25, 0.3) is 0 Å². The van der Waals surface area contributed by atoms with Crippen molar-refractivity contribution in [2.45, 2.75) is 27.2 Å². The van der Waals surface area contributed by atoms with Gasteiger partial charge in [0.1, 0.15) is 11.5 Å². The molecule has 0 aliphatic heterocycles. The van der Waals surface area contributed by atoms with Gasteiger partial charge in [-0.1, -0.05) is 13.0 Å². The number of rotatable bonds is 8. The van der Waals surface area contributed by atoms with Crippen LogP contribution in [-0.4, -0.2) is 25.0 Å². The van der Waals surface area contributed by atoms with Gasteiger partial charge in [0, 0.05) is 23.9 Å². The van der Waals surface area contributed by atoms with E-state index < -0.39 is 0 Å². The minimum Gasteiger partial charge on any atom is -0.494 e. The molecule has 2 rings (SSSR count). The van der Waals surface area contributed by atoms with Crippen LogP contribution in [0.5, 0.6) is 11.5 Å². The minimum absolute atomic E-state index is 0.0846. The average Bonchev–Trinajstić information content (AvgIpc) is 2.62. The lowest BCUT2D eigenvalue weighted by atomic mass is 10.1. The van der Waals surface area contributed by atoms with E-state index in [4.69, 9.17) is 9.47 Å². The molecule has 2 aromatic rings. The van der Waals surface area contributed by atoms with Crippen LogP contribution >= 0.6 is 0 Å². The Hall–Kier alpha value is -3.02. The fourth-order valence-electron chi connectivity index (χ4n) is 2.34. The van der Waals surface area contributed by atoms with Crippen LogP contribution in [0, 0.1) is 0 Å². The van der Waals surface area contributed by atoms with Crippen LogP contribution in [0.1, 0.15) is 37.6 Å². The summed E-state index contributed by atoms with van der Waals surface area (Å²) in [4.78, 5) is 24.2. The summed E-state index contributed by atoms with van der Waals surface area (Å²) in [5, 5.41) is 5.60. The molecular formula is C20H24N2O4. The zero-order valence-corrected chi connectivity index (χ0v) is 15.3. The SMILES string of the molecule is CCOc1ccc(C(=O)Nc2cccc(NC(=O)CC)c2)c(OCC)c1. The molecule has 0 saturated carbocycles. The summed E-state index contributed by atoms with van der Waals surface area (Å²) in [6, 6.07) is 12.1. The monoisotopic (exact) mass is 356 g/mol. The van der Waals surface area contributed by atoms with Gasteiger partial charge in [0.05, 0.1) is 18.8 Å². The van der Waals surface area contributed by atoms with Crippen LogP contribution in [0.2, 0.25) is 0 Å². The third-order valence-electron chi connectivity index (χ3n) is 3.53. The Morgan fingerprint density at radius 3 is 2.23 bits per heavy atom. The van der Waals surface area contributed by atoms with Gasteiger partial charge in [-0.2, -0.15) is 0 Å². The van der Waals surface area contributed by atoms with E-state index in [2.05, 4.69) is 10.6 Å². The van der Waals surface area contributed by atoms with Crippen molar-refractivity contribution in [2.75, 3.05) is 23.8 Å². The highest BCUT2D eigenvalue weighted by atomic mass is 16.5. The number of ether oxygens (including phenoxy) is 2. The van der Waals surface area contributed by atoms with Gasteiger partial charge in [-0.05, 0) is 44.2 Å². The third kappa shape index (κ3) is 5.24. The highest BCUT2D eigenvalue weighted by Gasteiger charge is 2.14. The van der Waals surface area contributed by atoms with Crippen LogP contribution < -0.4 is 20.1 Å². The molecule has 2 N–H and O–H groups in total. The molecule has 0 spiro atoms. The predicted molar refractivity (Wildman–Crippen MR) is 102 cm³/mol. The number of amides is 2. The molecule has 0 unspecified atom stereocenters. The lowest BCUT2D eigenvalue weighted by molar-refractivity contribution is -0.115. The normalized spacial score (nSPS) is 10.1. The Morgan fingerprint density at radius 1 is 0.885 bits per heavy atom. The number of hydrogen-bond acceptors (Lipinski definition) is 4. The van der Waals surface area contributed by atoms with E-state index in [1.807, 2.05) is 13.8 Å². The molecule has 0 heterocycles. The number of carbonyl (C=O) groups is 2. The lowest BCUT2D eigenvalue weighted by Gasteiger charge is -2.13. The van der Waals surface area contributed by atoms with Gasteiger partial charge in [-0.25, -0.2) is 0 Å². The van der Waals surface area contributed by atoms with Crippen molar-refractivity contribution in [1.29, 1.82) is 0 Å². The van der Waals surface area contributed by atoms with Crippen molar-refractivity contribution in [2.24, 2.45) is 0 Å². The second-order valence-corrected chi connectivity index (χ2v) is 5.46. The van der Waals surface area contributed by atoms with Crippen molar-refractivity contribution in [1.82, 2.24) is 0 Å². The minimum atomic E-state index is -0.296. The van der Waals surface area contributed by atoms with E-state index in [1.165, 1.54) is 0 Å². The van der Waals surface area contributed by atoms with Gasteiger partial charge in [-0.3, -0.25) is 9.59 Å². The Kier molecular flexibility index (Phi) is 7.02. The van der Waals surface area contributed by atoms with Gasteiger partial charge < -0.3 is 20.1 Å². The first-order chi connectivity index (χ1) is 12.6. The maximum absolute atomic E-state index is 12.6. The van der Waals surface area contributed by atoms with E-state index in [1.54, 1.807) is 49.4 Å². The van der Waals surface area contributed by atoms with Crippen LogP contribution in [0.3, 0.4) is 0 Å². The molecule has 6 nitrogen and oxygen atoms in total. The molecule has 26 heavy (non-hydrogen) atoms. The van der Waals surface area contributed by atoms with E-state index in [0.29, 0.717) is 48.1 Å². The first-order valence-electron chi connectivity index (χ1n) is 8.68. The summed E-state index contributed by atoms with van der Waals surface area (Å²) in [7, 11) is 0. The van der Waals surface area contributed by atoms with Gasteiger partial charge in [0.2, 0.25) is 5.91 Å². The third-order valence-corrected chi connectivity index (χ3v) is 3.53. The molecule has 0 bridgehead atoms. The summed E-state index contributed by atoms with van der Waals surface area (Å²) in [5.74, 6) is 0.734. The maximum Gasteiger partial charge on any atom is 0.259 e. The molecule has 0 saturated heterocycles. The number of anilines is 2. The molecule has 138 valence electrons. The number of carbonyl (C=O) groups excluding carboxylic acids is 2.